The first-order valence-corrected chi connectivity index (χ1v) is 27.5. The first-order chi connectivity index (χ1) is 35.7. The van der Waals surface area contributed by atoms with E-state index in [2.05, 4.69) is 267 Å². The molecule has 0 saturated carbocycles. The quantitative estimate of drug-likeness (QED) is 0.298. The number of allylic oxidation sites excluding steroid dienone is 12. The van der Waals surface area contributed by atoms with Crippen molar-refractivity contribution in [1.29, 1.82) is 0 Å². The monoisotopic (exact) mass is 1060 g/mol. The zero-order valence-electron chi connectivity index (χ0n) is 53.1. The van der Waals surface area contributed by atoms with Crippen LogP contribution in [0.2, 0.25) is 0 Å². The second-order valence-corrected chi connectivity index (χ2v) is 26.8. The average molecular weight is 1060 g/mol. The highest BCUT2D eigenvalue weighted by Crippen LogP contribution is 2.33. The molecule has 0 bridgehead atoms. The molecule has 9 nitrogen and oxygen atoms in total. The smallest absolute Gasteiger partial charge is 0.131 e. The van der Waals surface area contributed by atoms with Gasteiger partial charge in [-0.3, -0.25) is 30.1 Å². The summed E-state index contributed by atoms with van der Waals surface area (Å²) in [4.78, 5) is 26.0. The van der Waals surface area contributed by atoms with E-state index in [4.69, 9.17) is 0 Å². The Hall–Kier alpha value is -6.35. The van der Waals surface area contributed by atoms with Gasteiger partial charge in [0.25, 0.3) is 0 Å². The summed E-state index contributed by atoms with van der Waals surface area (Å²) in [5.41, 5.74) is 16.4. The van der Waals surface area contributed by atoms with Crippen LogP contribution in [0.25, 0.3) is 12.2 Å². The highest BCUT2D eigenvalue weighted by molar-refractivity contribution is 6.10. The van der Waals surface area contributed by atoms with E-state index < -0.39 is 0 Å². The Morgan fingerprint density at radius 1 is 0.487 bits per heavy atom. The zero-order chi connectivity index (χ0) is 60.3. The molecule has 426 valence electrons. The molecule has 1 N–H and O–H groups in total. The van der Waals surface area contributed by atoms with E-state index >= 15 is 0 Å². The number of aromatic nitrogens is 4. The van der Waals surface area contributed by atoms with Crippen molar-refractivity contribution in [3.8, 4) is 0 Å². The fourth-order valence-electron chi connectivity index (χ4n) is 7.84. The van der Waals surface area contributed by atoms with Crippen LogP contribution in [-0.4, -0.2) is 67.9 Å². The minimum Gasteiger partial charge on any atom is -0.331 e. The first kappa shape index (κ1) is 69.7. The maximum absolute atomic E-state index is 4.44. The van der Waals surface area contributed by atoms with Gasteiger partial charge in [0.2, 0.25) is 0 Å². The molecule has 0 atom stereocenters. The van der Waals surface area contributed by atoms with Gasteiger partial charge in [0.05, 0.1) is 42.5 Å². The van der Waals surface area contributed by atoms with Crippen LogP contribution in [0.15, 0.2) is 172 Å². The van der Waals surface area contributed by atoms with Crippen molar-refractivity contribution in [3.63, 3.8) is 0 Å². The van der Waals surface area contributed by atoms with Gasteiger partial charge < -0.3 is 4.57 Å². The third-order valence-electron chi connectivity index (χ3n) is 12.7. The predicted octanol–water partition coefficient (Wildman–Crippen LogP) is 18.4. The molecule has 0 amide bonds. The number of H-pyrrole nitrogens is 1. The van der Waals surface area contributed by atoms with Crippen molar-refractivity contribution >= 4 is 40.7 Å². The van der Waals surface area contributed by atoms with Gasteiger partial charge in [0.15, 0.2) is 0 Å². The highest BCUT2D eigenvalue weighted by Gasteiger charge is 2.25. The molecule has 5 aliphatic heterocycles. The van der Waals surface area contributed by atoms with Crippen LogP contribution in [0.4, 0.5) is 0 Å². The summed E-state index contributed by atoms with van der Waals surface area (Å²) in [7, 11) is 2.02. The van der Waals surface area contributed by atoms with Gasteiger partial charge in [-0.1, -0.05) is 216 Å². The Labute approximate surface area is 476 Å². The third-order valence-corrected chi connectivity index (χ3v) is 12.7. The normalized spacial score (nSPS) is 15.9. The van der Waals surface area contributed by atoms with Crippen LogP contribution in [0, 0.1) is 27.1 Å². The summed E-state index contributed by atoms with van der Waals surface area (Å²) in [5, 5.41) is 7.03. The molecule has 0 radical (unpaired) electrons. The van der Waals surface area contributed by atoms with Gasteiger partial charge in [-0.15, -0.1) is 0 Å². The summed E-state index contributed by atoms with van der Waals surface area (Å²) in [6.07, 6.45) is 27.3. The minimum absolute atomic E-state index is 0.147. The SMILES string of the molecule is C=CC1=NC(C(C)(C)C)=CC1.C=CC1=NC(C(C)(C)C)=CC1.C=CC1=NCC(C(C)(C)C)=C1.C=CC1=NCC=C1C(C)(C)C.C=CC1=NCC=C1C(C)(C)C.C=Cc1cc(C(C)(C)C)[nH]n1.C=Cc1ncc(C(C)(C)C)n1C. The lowest BCUT2D eigenvalue weighted by atomic mass is 9.84. The number of nitrogens with one attached hydrogen (secondary N) is 1. The molecule has 9 heteroatoms. The minimum atomic E-state index is 0.147. The van der Waals surface area contributed by atoms with Crippen molar-refractivity contribution in [3.05, 3.63) is 170 Å². The van der Waals surface area contributed by atoms with Crippen LogP contribution >= 0.6 is 0 Å². The first-order valence-electron chi connectivity index (χ1n) is 27.5. The Balaban J connectivity index is 0.000000455. The molecule has 2 aromatic heterocycles. The second-order valence-electron chi connectivity index (χ2n) is 26.8. The van der Waals surface area contributed by atoms with E-state index in [1.54, 1.807) is 18.2 Å². The molecule has 0 unspecified atom stereocenters. The average Bonchev–Trinajstić information content (AvgIpc) is 4.19. The lowest BCUT2D eigenvalue weighted by molar-refractivity contribution is 0.499. The molecule has 78 heavy (non-hydrogen) atoms. The number of nitrogens with zero attached hydrogens (tertiary/aromatic N) is 8. The van der Waals surface area contributed by atoms with Crippen molar-refractivity contribution in [1.82, 2.24) is 19.7 Å². The zero-order valence-corrected chi connectivity index (χ0v) is 53.1. The van der Waals surface area contributed by atoms with Crippen LogP contribution in [0.1, 0.15) is 181 Å². The number of imidazole rings is 1. The third kappa shape index (κ3) is 23.3. The van der Waals surface area contributed by atoms with E-state index in [-0.39, 0.29) is 37.9 Å². The summed E-state index contributed by atoms with van der Waals surface area (Å²) in [6.45, 7) is 74.2. The Morgan fingerprint density at radius 2 is 0.936 bits per heavy atom. The van der Waals surface area contributed by atoms with Gasteiger partial charge >= 0.3 is 0 Å². The van der Waals surface area contributed by atoms with E-state index in [0.717, 1.165) is 78.2 Å². The summed E-state index contributed by atoms with van der Waals surface area (Å²) in [5.74, 6) is 0.930. The summed E-state index contributed by atoms with van der Waals surface area (Å²) in [6, 6.07) is 2.02. The number of aliphatic imine (C=N–C) groups is 5. The van der Waals surface area contributed by atoms with E-state index in [9.17, 15) is 0 Å². The van der Waals surface area contributed by atoms with Crippen LogP contribution in [-0.2, 0) is 17.9 Å². The molecule has 0 fully saturated rings. The molecular weight excluding hydrogens is 955 g/mol. The maximum Gasteiger partial charge on any atom is 0.131 e. The van der Waals surface area contributed by atoms with Crippen molar-refractivity contribution in [2.45, 2.75) is 169 Å². The van der Waals surface area contributed by atoms with E-state index in [1.807, 2.05) is 43.6 Å². The number of hydrogen-bond acceptors (Lipinski definition) is 7. The molecule has 5 aliphatic rings. The van der Waals surface area contributed by atoms with Crippen molar-refractivity contribution in [2.75, 3.05) is 19.6 Å². The van der Waals surface area contributed by atoms with Gasteiger partial charge in [0.1, 0.15) is 5.82 Å². The maximum atomic E-state index is 4.44. The lowest BCUT2D eigenvalue weighted by Crippen LogP contribution is -2.16. The van der Waals surface area contributed by atoms with E-state index in [1.165, 1.54) is 33.8 Å². The summed E-state index contributed by atoms with van der Waals surface area (Å²) >= 11 is 0. The predicted molar refractivity (Wildman–Crippen MR) is 349 cm³/mol. The fourth-order valence-corrected chi connectivity index (χ4v) is 7.84. The van der Waals surface area contributed by atoms with Crippen molar-refractivity contribution in [2.24, 2.45) is 59.1 Å². The van der Waals surface area contributed by atoms with Gasteiger partial charge in [-0.25, -0.2) is 4.98 Å². The topological polar surface area (TPSA) is 108 Å². The van der Waals surface area contributed by atoms with Gasteiger partial charge in [-0.2, -0.15) is 5.10 Å². The summed E-state index contributed by atoms with van der Waals surface area (Å²) < 4.78 is 2.08. The Morgan fingerprint density at radius 3 is 1.14 bits per heavy atom. The Kier molecular flexibility index (Phi) is 26.4. The highest BCUT2D eigenvalue weighted by atomic mass is 15.1. The number of aromatic amines is 1. The van der Waals surface area contributed by atoms with Crippen molar-refractivity contribution < 1.29 is 0 Å². The molecule has 0 aromatic carbocycles. The van der Waals surface area contributed by atoms with Crippen LogP contribution in [0.5, 0.6) is 0 Å². The molecule has 0 spiro atoms. The molecule has 2 aromatic rings. The molecule has 0 saturated heterocycles. The molecule has 0 aliphatic carbocycles. The van der Waals surface area contributed by atoms with E-state index in [0.29, 0.717) is 0 Å². The largest absolute Gasteiger partial charge is 0.331 e. The molecule has 7 rings (SSSR count). The Bertz CT molecular complexity index is 2630. The molecular formula is C69H105N9. The number of hydrogen-bond donors (Lipinski definition) is 1. The fraction of sp³-hybridized carbons (Fsp3) is 0.493. The lowest BCUT2D eigenvalue weighted by Gasteiger charge is -2.20. The standard InChI is InChI=1S/C10H16N2.5C10H15N.C9H14N2/c1-6-9-11-7-8(12(9)5)10(2,3)4;1-5-9-6-8(7-11-9)10(2,3)4;2*1-5-9-8(6-7-11-9)10(2,3)4;2*1-5-8-6-7-9(11-8)10(2,3)4;1-5-7-6-8(11-10-7)9(2,3)4/h6-7H,1H2,2-5H3;3*5-6H,1,7H2,2-4H3;2*5,7H,1,6H2,2-4H3;5-6H,1H2,2-4H3,(H,10,11). The van der Waals surface area contributed by atoms with Gasteiger partial charge in [-0.05, 0) is 87.6 Å². The van der Waals surface area contributed by atoms with Crippen LogP contribution in [0.3, 0.4) is 0 Å². The molecule has 7 heterocycles. The number of rotatable bonds is 7. The van der Waals surface area contributed by atoms with Crippen LogP contribution < -0.4 is 0 Å². The second kappa shape index (κ2) is 29.6. The van der Waals surface area contributed by atoms with Gasteiger partial charge in [0, 0.05) is 82.0 Å².